The average molecular weight is 374 g/mol. The number of alkyl halides is 1. The van der Waals surface area contributed by atoms with E-state index in [-0.39, 0.29) is 17.7 Å². The molecular weight excluding hydrogens is 342 g/mol. The van der Waals surface area contributed by atoms with Gasteiger partial charge in [0, 0.05) is 5.88 Å². The lowest BCUT2D eigenvalue weighted by molar-refractivity contribution is -0.208. The van der Waals surface area contributed by atoms with Crippen LogP contribution in [0.4, 0.5) is 0 Å². The molecule has 1 amide bonds. The van der Waals surface area contributed by atoms with Crippen molar-refractivity contribution in [2.45, 2.75) is 78.4 Å². The molecule has 1 aliphatic carbocycles. The lowest BCUT2D eigenvalue weighted by atomic mass is 9.78. The zero-order chi connectivity index (χ0) is 19.5. The second-order valence-electron chi connectivity index (χ2n) is 6.23. The van der Waals surface area contributed by atoms with Crippen molar-refractivity contribution in [1.82, 2.24) is 5.32 Å². The number of amides is 1. The summed E-state index contributed by atoms with van der Waals surface area (Å²) < 4.78 is 5.09. The molecule has 0 saturated carbocycles. The number of carbonyl (C=O) groups is 3. The van der Waals surface area contributed by atoms with E-state index in [9.17, 15) is 14.4 Å². The molecule has 0 aromatic rings. The van der Waals surface area contributed by atoms with Crippen molar-refractivity contribution in [2.24, 2.45) is 5.92 Å². The fourth-order valence-electron chi connectivity index (χ4n) is 2.81. The van der Waals surface area contributed by atoms with E-state index >= 15 is 0 Å². The minimum Gasteiger partial charge on any atom is -0.455 e. The maximum Gasteiger partial charge on any atom is 0.333 e. The smallest absolute Gasteiger partial charge is 0.333 e. The molecule has 2 aliphatic rings. The molecule has 6 heteroatoms. The summed E-state index contributed by atoms with van der Waals surface area (Å²) in [6.45, 7) is 9.41. The van der Waals surface area contributed by atoms with Crippen molar-refractivity contribution in [3.63, 3.8) is 0 Å². The van der Waals surface area contributed by atoms with Crippen LogP contribution in [-0.2, 0) is 19.1 Å². The van der Waals surface area contributed by atoms with E-state index in [1.54, 1.807) is 6.92 Å². The standard InChI is InChI=1S/C9H14ClNO3.C8H12O.C2H6/c1-6(3-4-10)9(2)7(11-5-12)8(13)14-9;1-7(9)8-5-3-2-4-6-8;1-2/h5-7H,3-4H2,1-2H3,(H,11,12);5H,2-4,6H2,1H3;1-2H3/t6?,7-,9-;;/m0../s1. The molecule has 0 aromatic heterocycles. The van der Waals surface area contributed by atoms with Crippen LogP contribution in [0.25, 0.3) is 0 Å². The number of Topliss-reactive ketones (excluding diaryl/α,β-unsaturated/α-hetero) is 1. The Bertz CT molecular complexity index is 478. The molecule has 1 fully saturated rings. The first-order chi connectivity index (χ1) is 11.9. The Morgan fingerprint density at radius 3 is 2.48 bits per heavy atom. The Morgan fingerprint density at radius 1 is 1.48 bits per heavy atom. The summed E-state index contributed by atoms with van der Waals surface area (Å²) in [7, 11) is 0. The molecule has 3 atom stereocenters. The summed E-state index contributed by atoms with van der Waals surface area (Å²) in [6.07, 6.45) is 7.93. The summed E-state index contributed by atoms with van der Waals surface area (Å²) in [5.74, 6) is 0.535. The third kappa shape index (κ3) is 6.81. The first-order valence-electron chi connectivity index (χ1n) is 9.05. The van der Waals surface area contributed by atoms with Crippen molar-refractivity contribution >= 4 is 29.8 Å². The number of allylic oxidation sites excluding steroid dienone is 2. The van der Waals surface area contributed by atoms with Crippen molar-refractivity contribution in [2.75, 3.05) is 5.88 Å². The maximum absolute atomic E-state index is 11.1. The van der Waals surface area contributed by atoms with Gasteiger partial charge in [-0.15, -0.1) is 11.6 Å². The fourth-order valence-corrected chi connectivity index (χ4v) is 3.13. The second-order valence-corrected chi connectivity index (χ2v) is 6.61. The first kappa shape index (κ1) is 23.6. The molecule has 1 unspecified atom stereocenters. The zero-order valence-corrected chi connectivity index (χ0v) is 16.8. The summed E-state index contributed by atoms with van der Waals surface area (Å²) in [6, 6.07) is -0.529. The molecule has 0 aromatic carbocycles. The van der Waals surface area contributed by atoms with E-state index in [1.165, 1.54) is 12.8 Å². The molecule has 0 radical (unpaired) electrons. The lowest BCUT2D eigenvalue weighted by Crippen LogP contribution is -2.68. The SMILES string of the molecule is CC.CC(=O)C1=CCCCC1.CC(CCCl)[C@]1(C)OC(=O)[C@@H]1NC=O. The number of ether oxygens (including phenoxy) is 1. The molecule has 0 bridgehead atoms. The Kier molecular flexibility index (Phi) is 11.4. The number of rotatable bonds is 6. The molecule has 1 N–H and O–H groups in total. The van der Waals surface area contributed by atoms with Crippen LogP contribution in [0.5, 0.6) is 0 Å². The van der Waals surface area contributed by atoms with E-state index in [4.69, 9.17) is 16.3 Å². The van der Waals surface area contributed by atoms with Gasteiger partial charge in [0.1, 0.15) is 5.60 Å². The van der Waals surface area contributed by atoms with E-state index in [0.717, 1.165) is 24.8 Å². The van der Waals surface area contributed by atoms with Gasteiger partial charge in [-0.1, -0.05) is 26.8 Å². The van der Waals surface area contributed by atoms with E-state index in [2.05, 4.69) is 11.4 Å². The van der Waals surface area contributed by atoms with Crippen molar-refractivity contribution in [3.05, 3.63) is 11.6 Å². The molecule has 0 spiro atoms. The molecule has 2 rings (SSSR count). The van der Waals surface area contributed by atoms with Gasteiger partial charge in [-0.05, 0) is 57.4 Å². The predicted molar refractivity (Wildman–Crippen MR) is 101 cm³/mol. The molecule has 144 valence electrons. The highest BCUT2D eigenvalue weighted by Gasteiger charge is 2.56. The highest BCUT2D eigenvalue weighted by atomic mass is 35.5. The number of hydrogen-bond donors (Lipinski definition) is 1. The van der Waals surface area contributed by atoms with Gasteiger partial charge in [-0.25, -0.2) is 4.79 Å². The summed E-state index contributed by atoms with van der Waals surface area (Å²) in [5.41, 5.74) is 0.439. The molecule has 1 aliphatic heterocycles. The number of nitrogens with one attached hydrogen (secondary N) is 1. The number of halogens is 1. The highest BCUT2D eigenvalue weighted by Crippen LogP contribution is 2.36. The maximum atomic E-state index is 11.1. The number of cyclic esters (lactones) is 1. The Morgan fingerprint density at radius 2 is 2.12 bits per heavy atom. The largest absolute Gasteiger partial charge is 0.455 e. The summed E-state index contributed by atoms with van der Waals surface area (Å²) in [4.78, 5) is 32.1. The Labute approximate surface area is 156 Å². The van der Waals surface area contributed by atoms with Crippen molar-refractivity contribution in [3.8, 4) is 0 Å². The van der Waals surface area contributed by atoms with Gasteiger partial charge < -0.3 is 10.1 Å². The van der Waals surface area contributed by atoms with Crippen molar-refractivity contribution < 1.29 is 19.1 Å². The van der Waals surface area contributed by atoms with E-state index < -0.39 is 11.6 Å². The van der Waals surface area contributed by atoms with Gasteiger partial charge in [0.25, 0.3) is 0 Å². The average Bonchev–Trinajstić information content (AvgIpc) is 2.62. The zero-order valence-electron chi connectivity index (χ0n) is 16.1. The molecular formula is C19H32ClNO4. The summed E-state index contributed by atoms with van der Waals surface area (Å²) >= 11 is 5.61. The van der Waals surface area contributed by atoms with Gasteiger partial charge in [0.15, 0.2) is 11.8 Å². The Hall–Kier alpha value is -1.36. The lowest BCUT2D eigenvalue weighted by Gasteiger charge is -2.48. The minimum atomic E-state index is -0.604. The third-order valence-electron chi connectivity index (χ3n) is 4.63. The van der Waals surface area contributed by atoms with Crippen LogP contribution >= 0.6 is 11.6 Å². The molecule has 5 nitrogen and oxygen atoms in total. The van der Waals surface area contributed by atoms with Gasteiger partial charge in [0.2, 0.25) is 6.41 Å². The van der Waals surface area contributed by atoms with Crippen LogP contribution in [0.2, 0.25) is 0 Å². The third-order valence-corrected chi connectivity index (χ3v) is 4.85. The summed E-state index contributed by atoms with van der Waals surface area (Å²) in [5, 5.41) is 2.46. The van der Waals surface area contributed by atoms with Crippen LogP contribution < -0.4 is 5.32 Å². The topological polar surface area (TPSA) is 72.5 Å². The number of ketones is 1. The first-order valence-corrected chi connectivity index (χ1v) is 9.58. The van der Waals surface area contributed by atoms with E-state index in [0.29, 0.717) is 12.3 Å². The number of hydrogen-bond acceptors (Lipinski definition) is 4. The molecule has 1 saturated heterocycles. The minimum absolute atomic E-state index is 0.134. The molecule has 1 heterocycles. The highest BCUT2D eigenvalue weighted by molar-refractivity contribution is 6.17. The number of esters is 1. The second kappa shape index (κ2) is 12.1. The van der Waals surface area contributed by atoms with Gasteiger partial charge >= 0.3 is 5.97 Å². The Balaban J connectivity index is 0.000000451. The van der Waals surface area contributed by atoms with Crippen LogP contribution in [0.3, 0.4) is 0 Å². The quantitative estimate of drug-likeness (QED) is 0.437. The normalized spacial score (nSPS) is 25.4. The molecule has 25 heavy (non-hydrogen) atoms. The number of carbonyl (C=O) groups excluding carboxylic acids is 3. The van der Waals surface area contributed by atoms with Crippen LogP contribution in [0.1, 0.15) is 66.7 Å². The van der Waals surface area contributed by atoms with E-state index in [1.807, 2.05) is 27.7 Å². The predicted octanol–water partition coefficient (Wildman–Crippen LogP) is 3.78. The fraction of sp³-hybridized carbons (Fsp3) is 0.737. The van der Waals surface area contributed by atoms with Crippen molar-refractivity contribution in [1.29, 1.82) is 0 Å². The van der Waals surface area contributed by atoms with Gasteiger partial charge in [-0.2, -0.15) is 0 Å². The van der Waals surface area contributed by atoms with Crippen LogP contribution in [0, 0.1) is 5.92 Å². The van der Waals surface area contributed by atoms with Gasteiger partial charge in [-0.3, -0.25) is 9.59 Å². The van der Waals surface area contributed by atoms with Gasteiger partial charge in [0.05, 0.1) is 0 Å². The van der Waals surface area contributed by atoms with Crippen LogP contribution in [0.15, 0.2) is 11.6 Å². The monoisotopic (exact) mass is 373 g/mol. The van der Waals surface area contributed by atoms with Crippen LogP contribution in [-0.4, -0.2) is 35.7 Å².